The minimum absolute atomic E-state index is 0.379. The van der Waals surface area contributed by atoms with E-state index in [4.69, 9.17) is 12.2 Å². The van der Waals surface area contributed by atoms with Crippen molar-refractivity contribution in [1.82, 2.24) is 15.2 Å². The van der Waals surface area contributed by atoms with Gasteiger partial charge in [-0.15, -0.1) is 0 Å². The molecule has 16 heavy (non-hydrogen) atoms. The summed E-state index contributed by atoms with van der Waals surface area (Å²) in [4.78, 5) is 13.4. The molecule has 0 saturated carbocycles. The fourth-order valence-corrected chi connectivity index (χ4v) is 2.26. The molecule has 6 heteroatoms. The summed E-state index contributed by atoms with van der Waals surface area (Å²) in [6, 6.07) is 10.0. The van der Waals surface area contributed by atoms with E-state index >= 15 is 0 Å². The SMILES string of the molecule is O=c1[nH]nc(SCc2ccccc2)c(=S)[nH]1. The molecule has 1 aromatic carbocycles. The zero-order valence-corrected chi connectivity index (χ0v) is 9.90. The average molecular weight is 251 g/mol. The van der Waals surface area contributed by atoms with Crippen LogP contribution in [0.25, 0.3) is 0 Å². The molecule has 0 saturated heterocycles. The van der Waals surface area contributed by atoms with Gasteiger partial charge >= 0.3 is 5.69 Å². The summed E-state index contributed by atoms with van der Waals surface area (Å²) in [6.45, 7) is 0. The molecule has 0 fully saturated rings. The second-order valence-electron chi connectivity index (χ2n) is 3.09. The van der Waals surface area contributed by atoms with Crippen LogP contribution >= 0.6 is 24.0 Å². The van der Waals surface area contributed by atoms with Gasteiger partial charge in [-0.2, -0.15) is 5.10 Å². The van der Waals surface area contributed by atoms with Gasteiger partial charge in [0.25, 0.3) is 0 Å². The summed E-state index contributed by atoms with van der Waals surface area (Å²) >= 11 is 6.49. The Morgan fingerprint density at radius 2 is 2.06 bits per heavy atom. The molecule has 1 heterocycles. The second-order valence-corrected chi connectivity index (χ2v) is 4.46. The molecule has 0 unspecified atom stereocenters. The highest BCUT2D eigenvalue weighted by atomic mass is 32.2. The van der Waals surface area contributed by atoms with E-state index in [0.29, 0.717) is 9.67 Å². The molecule has 2 N–H and O–H groups in total. The van der Waals surface area contributed by atoms with Crippen LogP contribution in [0.1, 0.15) is 5.56 Å². The first kappa shape index (κ1) is 11.1. The first-order valence-electron chi connectivity index (χ1n) is 4.61. The molecule has 0 aliphatic heterocycles. The van der Waals surface area contributed by atoms with Gasteiger partial charge < -0.3 is 0 Å². The maximum Gasteiger partial charge on any atom is 0.340 e. The molecule has 0 spiro atoms. The van der Waals surface area contributed by atoms with E-state index in [0.717, 1.165) is 5.75 Å². The van der Waals surface area contributed by atoms with E-state index < -0.39 is 0 Å². The summed E-state index contributed by atoms with van der Waals surface area (Å²) in [7, 11) is 0. The van der Waals surface area contributed by atoms with Crippen molar-refractivity contribution >= 4 is 24.0 Å². The molecule has 2 aromatic rings. The van der Waals surface area contributed by atoms with Crippen LogP contribution in [0, 0.1) is 4.64 Å². The van der Waals surface area contributed by atoms with Gasteiger partial charge in [-0.05, 0) is 5.56 Å². The van der Waals surface area contributed by atoms with E-state index in [2.05, 4.69) is 15.2 Å². The van der Waals surface area contributed by atoms with Crippen molar-refractivity contribution in [3.8, 4) is 0 Å². The molecule has 4 nitrogen and oxygen atoms in total. The maximum atomic E-state index is 10.9. The number of H-pyrrole nitrogens is 2. The van der Waals surface area contributed by atoms with Crippen molar-refractivity contribution < 1.29 is 0 Å². The number of rotatable bonds is 3. The van der Waals surface area contributed by atoms with Crippen molar-refractivity contribution in [3.63, 3.8) is 0 Å². The third-order valence-corrected chi connectivity index (χ3v) is 3.37. The molecule has 0 aliphatic rings. The molecule has 0 radical (unpaired) electrons. The molecule has 2 rings (SSSR count). The third kappa shape index (κ3) is 2.80. The zero-order chi connectivity index (χ0) is 11.4. The number of nitrogens with one attached hydrogen (secondary N) is 2. The van der Waals surface area contributed by atoms with E-state index in [1.165, 1.54) is 17.3 Å². The fourth-order valence-electron chi connectivity index (χ4n) is 1.16. The van der Waals surface area contributed by atoms with Crippen LogP contribution in [-0.2, 0) is 5.75 Å². The Morgan fingerprint density at radius 3 is 2.75 bits per heavy atom. The lowest BCUT2D eigenvalue weighted by molar-refractivity contribution is 0.825. The van der Waals surface area contributed by atoms with Gasteiger partial charge in [0.2, 0.25) is 0 Å². The highest BCUT2D eigenvalue weighted by molar-refractivity contribution is 7.98. The Balaban J connectivity index is 2.11. The van der Waals surface area contributed by atoms with Gasteiger partial charge in [-0.3, -0.25) is 4.98 Å². The number of benzene rings is 1. The van der Waals surface area contributed by atoms with Gasteiger partial charge in [-0.25, -0.2) is 9.89 Å². The quantitative estimate of drug-likeness (QED) is 0.648. The van der Waals surface area contributed by atoms with Crippen LogP contribution in [0.15, 0.2) is 40.2 Å². The summed E-state index contributed by atoms with van der Waals surface area (Å²) in [5.41, 5.74) is 0.809. The van der Waals surface area contributed by atoms with Gasteiger partial charge in [0.1, 0.15) is 4.64 Å². The molecular formula is C10H9N3OS2. The predicted octanol–water partition coefficient (Wildman–Crippen LogP) is 2.12. The van der Waals surface area contributed by atoms with Crippen LogP contribution in [-0.4, -0.2) is 15.2 Å². The third-order valence-electron chi connectivity index (χ3n) is 1.90. The van der Waals surface area contributed by atoms with Gasteiger partial charge in [0.05, 0.1) is 0 Å². The Hall–Kier alpha value is -1.40. The molecule has 0 aliphatic carbocycles. The Labute approximate surface area is 101 Å². The van der Waals surface area contributed by atoms with E-state index in [1.54, 1.807) is 0 Å². The Kier molecular flexibility index (Phi) is 3.53. The van der Waals surface area contributed by atoms with Crippen molar-refractivity contribution in [2.45, 2.75) is 10.8 Å². The molecule has 0 bridgehead atoms. The number of thioether (sulfide) groups is 1. The highest BCUT2D eigenvalue weighted by Gasteiger charge is 2.00. The lowest BCUT2D eigenvalue weighted by atomic mass is 10.2. The van der Waals surface area contributed by atoms with E-state index in [1.807, 2.05) is 30.3 Å². The summed E-state index contributed by atoms with van der Waals surface area (Å²) in [5.74, 6) is 0.775. The van der Waals surface area contributed by atoms with Gasteiger partial charge in [0.15, 0.2) is 5.03 Å². The Morgan fingerprint density at radius 1 is 1.31 bits per heavy atom. The minimum atomic E-state index is -0.380. The smallest absolute Gasteiger partial charge is 0.295 e. The maximum absolute atomic E-state index is 10.9. The predicted molar refractivity (Wildman–Crippen MR) is 66.0 cm³/mol. The first-order chi connectivity index (χ1) is 7.75. The van der Waals surface area contributed by atoms with Crippen LogP contribution in [0.3, 0.4) is 0 Å². The zero-order valence-electron chi connectivity index (χ0n) is 8.27. The summed E-state index contributed by atoms with van der Waals surface area (Å²) < 4.78 is 0.379. The average Bonchev–Trinajstić information content (AvgIpc) is 2.29. The molecule has 0 atom stereocenters. The molecule has 82 valence electrons. The lowest BCUT2D eigenvalue weighted by Crippen LogP contribution is -2.12. The molecular weight excluding hydrogens is 242 g/mol. The number of aromatic nitrogens is 3. The van der Waals surface area contributed by atoms with E-state index in [-0.39, 0.29) is 5.69 Å². The van der Waals surface area contributed by atoms with E-state index in [9.17, 15) is 4.79 Å². The van der Waals surface area contributed by atoms with Crippen molar-refractivity contribution in [2.75, 3.05) is 0 Å². The van der Waals surface area contributed by atoms with Crippen molar-refractivity contribution in [2.24, 2.45) is 0 Å². The topological polar surface area (TPSA) is 61.5 Å². The second kappa shape index (κ2) is 5.09. The molecule has 1 aromatic heterocycles. The van der Waals surface area contributed by atoms with Crippen LogP contribution < -0.4 is 5.69 Å². The Bertz CT molecular complexity index is 576. The van der Waals surface area contributed by atoms with Crippen molar-refractivity contribution in [1.29, 1.82) is 0 Å². The summed E-state index contributed by atoms with van der Waals surface area (Å²) in [5, 5.41) is 6.85. The van der Waals surface area contributed by atoms with Crippen LogP contribution in [0.5, 0.6) is 0 Å². The number of hydrogen-bond acceptors (Lipinski definition) is 4. The van der Waals surface area contributed by atoms with Crippen LogP contribution in [0.2, 0.25) is 0 Å². The van der Waals surface area contributed by atoms with Crippen LogP contribution in [0.4, 0.5) is 0 Å². The largest absolute Gasteiger partial charge is 0.340 e. The normalized spacial score (nSPS) is 10.2. The van der Waals surface area contributed by atoms with Gasteiger partial charge in [-0.1, -0.05) is 54.3 Å². The molecule has 0 amide bonds. The monoisotopic (exact) mass is 251 g/mol. The first-order valence-corrected chi connectivity index (χ1v) is 6.01. The van der Waals surface area contributed by atoms with Crippen molar-refractivity contribution in [3.05, 3.63) is 51.0 Å². The summed E-state index contributed by atoms with van der Waals surface area (Å²) in [6.07, 6.45) is 0. The lowest BCUT2D eigenvalue weighted by Gasteiger charge is -2.00. The highest BCUT2D eigenvalue weighted by Crippen LogP contribution is 2.19. The minimum Gasteiger partial charge on any atom is -0.295 e. The number of aromatic amines is 2. The number of hydrogen-bond donors (Lipinski definition) is 2. The standard InChI is InChI=1S/C10H9N3OS2/c14-10-11-8(15)9(12-13-10)16-6-7-4-2-1-3-5-7/h1-5H,6H2,(H2,11,13,14,15). The van der Waals surface area contributed by atoms with Gasteiger partial charge in [0, 0.05) is 5.75 Å². The fraction of sp³-hybridized carbons (Fsp3) is 0.100. The number of nitrogens with zero attached hydrogens (tertiary/aromatic N) is 1.